The van der Waals surface area contributed by atoms with E-state index in [4.69, 9.17) is 17.0 Å². The molecule has 192 valence electrons. The molecule has 1 amide bonds. The number of benzene rings is 2. The zero-order chi connectivity index (χ0) is 26.4. The number of hydrogen-bond acceptors (Lipinski definition) is 6. The number of hydrogen-bond donors (Lipinski definition) is 3. The summed E-state index contributed by atoms with van der Waals surface area (Å²) >= 11 is 8.55. The average Bonchev–Trinajstić information content (AvgIpc) is 3.23. The number of thioether (sulfide) groups is 1. The van der Waals surface area contributed by atoms with Gasteiger partial charge in [0.05, 0.1) is 23.6 Å². The van der Waals surface area contributed by atoms with E-state index in [0.29, 0.717) is 33.8 Å². The summed E-state index contributed by atoms with van der Waals surface area (Å²) in [5.74, 6) is 1.23. The summed E-state index contributed by atoms with van der Waals surface area (Å²) in [5.41, 5.74) is 3.36. The first-order valence-corrected chi connectivity index (χ1v) is 14.4. The minimum absolute atomic E-state index is 0.0811. The Bertz CT molecular complexity index is 1330. The van der Waals surface area contributed by atoms with E-state index in [2.05, 4.69) is 28.9 Å². The zero-order valence-electron chi connectivity index (χ0n) is 21.1. The van der Waals surface area contributed by atoms with Crippen molar-refractivity contribution in [3.05, 3.63) is 64.5 Å². The number of nitrogens with one attached hydrogen (secondary N) is 3. The van der Waals surface area contributed by atoms with Crippen molar-refractivity contribution < 1.29 is 9.53 Å². The Labute approximate surface area is 231 Å². The molecule has 6 nitrogen and oxygen atoms in total. The molecule has 0 spiro atoms. The standard InChI is InChI=1S/C28H30N4O2S3/c1-4-24(26(33)32-27-21(16-29)20-13-12-17(2)14-25(20)37-27)36-19-9-7-8-18(15-19)30-28(35)31-22-10-5-6-11-23(22)34-3/h5-11,15,17,24H,4,12-14H2,1-3H3,(H,32,33)(H2,30,31,35). The number of fused-ring (bicyclic) bond motifs is 1. The molecule has 2 atom stereocenters. The summed E-state index contributed by atoms with van der Waals surface area (Å²) < 4.78 is 5.37. The normalized spacial score (nSPS) is 15.1. The number of nitriles is 1. The molecule has 0 bridgehead atoms. The molecule has 2 aromatic carbocycles. The lowest BCUT2D eigenvalue weighted by molar-refractivity contribution is -0.115. The number of carbonyl (C=O) groups is 1. The third kappa shape index (κ3) is 6.63. The average molecular weight is 551 g/mol. The number of nitrogens with zero attached hydrogens (tertiary/aromatic N) is 1. The second-order valence-electron chi connectivity index (χ2n) is 8.98. The topological polar surface area (TPSA) is 86.2 Å². The summed E-state index contributed by atoms with van der Waals surface area (Å²) in [6.07, 6.45) is 3.63. The highest BCUT2D eigenvalue weighted by atomic mass is 32.2. The van der Waals surface area contributed by atoms with Crippen LogP contribution in [0.2, 0.25) is 0 Å². The van der Waals surface area contributed by atoms with Crippen molar-refractivity contribution in [1.29, 1.82) is 5.26 Å². The number of thiophene rings is 1. The largest absolute Gasteiger partial charge is 0.495 e. The number of para-hydroxylation sites is 2. The fraction of sp³-hybridized carbons (Fsp3) is 0.321. The smallest absolute Gasteiger partial charge is 0.238 e. The van der Waals surface area contributed by atoms with Crippen molar-refractivity contribution in [3.63, 3.8) is 0 Å². The van der Waals surface area contributed by atoms with Crippen molar-refractivity contribution in [2.75, 3.05) is 23.1 Å². The van der Waals surface area contributed by atoms with E-state index in [1.165, 1.54) is 16.6 Å². The summed E-state index contributed by atoms with van der Waals surface area (Å²) in [7, 11) is 1.62. The number of ether oxygens (including phenoxy) is 1. The molecule has 1 aliphatic carbocycles. The molecule has 1 aromatic heterocycles. The number of anilines is 3. The van der Waals surface area contributed by atoms with Crippen molar-refractivity contribution in [1.82, 2.24) is 0 Å². The summed E-state index contributed by atoms with van der Waals surface area (Å²) in [5, 5.41) is 20.0. The Kier molecular flexibility index (Phi) is 9.09. The van der Waals surface area contributed by atoms with Crippen molar-refractivity contribution in [2.45, 2.75) is 49.7 Å². The second-order valence-corrected chi connectivity index (χ2v) is 11.8. The van der Waals surface area contributed by atoms with E-state index in [1.807, 2.05) is 55.5 Å². The SMILES string of the molecule is CCC(Sc1cccc(NC(=S)Nc2ccccc2OC)c1)C(=O)Nc1sc2c(c1C#N)CCC(C)C2. The number of methoxy groups -OCH3 is 1. The van der Waals surface area contributed by atoms with E-state index in [9.17, 15) is 10.1 Å². The Morgan fingerprint density at radius 1 is 1.24 bits per heavy atom. The van der Waals surface area contributed by atoms with Crippen molar-refractivity contribution in [2.24, 2.45) is 5.92 Å². The van der Waals surface area contributed by atoms with Gasteiger partial charge in [0.2, 0.25) is 5.91 Å². The molecule has 0 radical (unpaired) electrons. The van der Waals surface area contributed by atoms with Gasteiger partial charge in [0.1, 0.15) is 16.8 Å². The Morgan fingerprint density at radius 2 is 2.05 bits per heavy atom. The van der Waals surface area contributed by atoms with Gasteiger partial charge in [0.25, 0.3) is 0 Å². The fourth-order valence-corrected chi connectivity index (χ4v) is 6.92. The Balaban J connectivity index is 1.41. The molecule has 9 heteroatoms. The number of thiocarbonyl (C=S) groups is 1. The van der Waals surface area contributed by atoms with Gasteiger partial charge in [-0.25, -0.2) is 0 Å². The maximum atomic E-state index is 13.2. The third-order valence-corrected chi connectivity index (χ3v) is 8.98. The first-order chi connectivity index (χ1) is 17.9. The van der Waals surface area contributed by atoms with Gasteiger partial charge in [0.15, 0.2) is 5.11 Å². The Morgan fingerprint density at radius 3 is 2.81 bits per heavy atom. The second kappa shape index (κ2) is 12.5. The minimum atomic E-state index is -0.293. The Hall–Kier alpha value is -3.06. The highest BCUT2D eigenvalue weighted by Crippen LogP contribution is 2.40. The molecule has 37 heavy (non-hydrogen) atoms. The van der Waals surface area contributed by atoms with Crippen LogP contribution >= 0.6 is 35.3 Å². The van der Waals surface area contributed by atoms with Crippen molar-refractivity contribution in [3.8, 4) is 11.8 Å². The van der Waals surface area contributed by atoms with Gasteiger partial charge in [-0.3, -0.25) is 4.79 Å². The highest BCUT2D eigenvalue weighted by molar-refractivity contribution is 8.00. The molecule has 0 saturated heterocycles. The van der Waals surface area contributed by atoms with Gasteiger partial charge in [-0.15, -0.1) is 23.1 Å². The van der Waals surface area contributed by atoms with Crippen LogP contribution in [-0.4, -0.2) is 23.4 Å². The molecular weight excluding hydrogens is 521 g/mol. The molecule has 0 saturated carbocycles. The van der Waals surface area contributed by atoms with Gasteiger partial charge in [-0.05, 0) is 79.7 Å². The quantitative estimate of drug-likeness (QED) is 0.204. The van der Waals surface area contributed by atoms with Gasteiger partial charge < -0.3 is 20.7 Å². The molecule has 0 aliphatic heterocycles. The third-order valence-electron chi connectivity index (χ3n) is 6.25. The van der Waals surface area contributed by atoms with Gasteiger partial charge in [0, 0.05) is 15.5 Å². The molecule has 3 N–H and O–H groups in total. The van der Waals surface area contributed by atoms with Gasteiger partial charge >= 0.3 is 0 Å². The van der Waals surface area contributed by atoms with Crippen LogP contribution in [0.3, 0.4) is 0 Å². The first kappa shape index (κ1) is 27.0. The predicted octanol–water partition coefficient (Wildman–Crippen LogP) is 7.07. The summed E-state index contributed by atoms with van der Waals surface area (Å²) in [4.78, 5) is 15.4. The van der Waals surface area contributed by atoms with Crippen LogP contribution in [0, 0.1) is 17.2 Å². The lowest BCUT2D eigenvalue weighted by atomic mass is 9.88. The van der Waals surface area contributed by atoms with Gasteiger partial charge in [-0.2, -0.15) is 5.26 Å². The van der Waals surface area contributed by atoms with Crippen LogP contribution in [0.15, 0.2) is 53.4 Å². The van der Waals surface area contributed by atoms with Crippen LogP contribution in [0.4, 0.5) is 16.4 Å². The molecule has 1 heterocycles. The molecular formula is C28H30N4O2S3. The minimum Gasteiger partial charge on any atom is -0.495 e. The van der Waals surface area contributed by atoms with E-state index in [-0.39, 0.29) is 11.2 Å². The predicted molar refractivity (Wildman–Crippen MR) is 158 cm³/mol. The molecule has 1 aliphatic rings. The highest BCUT2D eigenvalue weighted by Gasteiger charge is 2.26. The van der Waals surface area contributed by atoms with Crippen LogP contribution in [0.5, 0.6) is 5.75 Å². The number of rotatable bonds is 8. The fourth-order valence-electron chi connectivity index (χ4n) is 4.32. The summed E-state index contributed by atoms with van der Waals surface area (Å²) in [6.45, 7) is 4.24. The lowest BCUT2D eigenvalue weighted by Gasteiger charge is -2.17. The van der Waals surface area contributed by atoms with Gasteiger partial charge in [-0.1, -0.05) is 32.0 Å². The van der Waals surface area contributed by atoms with Crippen molar-refractivity contribution >= 4 is 62.7 Å². The maximum absolute atomic E-state index is 13.2. The lowest BCUT2D eigenvalue weighted by Crippen LogP contribution is -2.24. The number of amides is 1. The zero-order valence-corrected chi connectivity index (χ0v) is 23.5. The van der Waals surface area contributed by atoms with Crippen LogP contribution in [0.1, 0.15) is 42.7 Å². The summed E-state index contributed by atoms with van der Waals surface area (Å²) in [6, 6.07) is 17.7. The number of carbonyl (C=O) groups excluding carboxylic acids is 1. The van der Waals surface area contributed by atoms with E-state index in [1.54, 1.807) is 18.4 Å². The maximum Gasteiger partial charge on any atom is 0.238 e. The van der Waals surface area contributed by atoms with E-state index in [0.717, 1.165) is 41.1 Å². The van der Waals surface area contributed by atoms with Crippen LogP contribution in [-0.2, 0) is 17.6 Å². The van der Waals surface area contributed by atoms with E-state index < -0.39 is 0 Å². The molecule has 3 aromatic rings. The first-order valence-electron chi connectivity index (χ1n) is 12.2. The molecule has 0 fully saturated rings. The van der Waals surface area contributed by atoms with Crippen LogP contribution in [0.25, 0.3) is 0 Å². The van der Waals surface area contributed by atoms with Crippen LogP contribution < -0.4 is 20.7 Å². The molecule has 4 rings (SSSR count). The molecule has 2 unspecified atom stereocenters. The van der Waals surface area contributed by atoms with E-state index >= 15 is 0 Å². The monoisotopic (exact) mass is 550 g/mol.